The first-order valence-corrected chi connectivity index (χ1v) is 11.4. The Balaban J connectivity index is 1.85. The summed E-state index contributed by atoms with van der Waals surface area (Å²) < 4.78 is 7.10. The molecule has 0 saturated carbocycles. The number of non-ortho nitro benzene ring substituents is 1. The van der Waals surface area contributed by atoms with Gasteiger partial charge in [-0.2, -0.15) is 0 Å². The van der Waals surface area contributed by atoms with E-state index in [0.717, 1.165) is 11.3 Å². The lowest BCUT2D eigenvalue weighted by Crippen LogP contribution is -2.28. The van der Waals surface area contributed by atoms with E-state index in [-0.39, 0.29) is 23.6 Å². The fraction of sp³-hybridized carbons (Fsp3) is 0.348. The number of thioether (sulfide) groups is 1. The van der Waals surface area contributed by atoms with E-state index < -0.39 is 4.92 Å². The summed E-state index contributed by atoms with van der Waals surface area (Å²) in [7, 11) is 1.62. The molecule has 0 atom stereocenters. The van der Waals surface area contributed by atoms with Crippen LogP contribution < -0.4 is 10.1 Å². The maximum atomic E-state index is 12.3. The van der Waals surface area contributed by atoms with E-state index in [1.165, 1.54) is 23.9 Å². The molecule has 174 valence electrons. The van der Waals surface area contributed by atoms with Crippen LogP contribution in [0, 0.1) is 15.5 Å². The van der Waals surface area contributed by atoms with Crippen molar-refractivity contribution in [3.8, 4) is 11.4 Å². The molecule has 0 spiro atoms. The van der Waals surface area contributed by atoms with Crippen LogP contribution in [0.3, 0.4) is 0 Å². The molecule has 0 radical (unpaired) electrons. The topological polar surface area (TPSA) is 112 Å². The summed E-state index contributed by atoms with van der Waals surface area (Å²) in [4.78, 5) is 22.9. The second-order valence-electron chi connectivity index (χ2n) is 8.66. The number of nitro groups is 1. The molecular formula is C23H27N5O4S. The van der Waals surface area contributed by atoms with Crippen molar-refractivity contribution < 1.29 is 14.5 Å². The van der Waals surface area contributed by atoms with E-state index >= 15 is 0 Å². The van der Waals surface area contributed by atoms with Gasteiger partial charge >= 0.3 is 0 Å². The lowest BCUT2D eigenvalue weighted by atomic mass is 9.92. The number of nitrogens with one attached hydrogen (secondary N) is 1. The van der Waals surface area contributed by atoms with Crippen LogP contribution in [0.2, 0.25) is 0 Å². The van der Waals surface area contributed by atoms with Crippen LogP contribution in [0.4, 0.5) is 5.69 Å². The van der Waals surface area contributed by atoms with E-state index in [4.69, 9.17) is 4.74 Å². The van der Waals surface area contributed by atoms with Gasteiger partial charge in [0.25, 0.3) is 5.69 Å². The Morgan fingerprint density at radius 3 is 2.55 bits per heavy atom. The lowest BCUT2D eigenvalue weighted by molar-refractivity contribution is -0.384. The van der Waals surface area contributed by atoms with Crippen molar-refractivity contribution in [2.24, 2.45) is 5.41 Å². The first kappa shape index (κ1) is 24.2. The number of hydrogen-bond donors (Lipinski definition) is 1. The SMILES string of the molecule is COc1cccc(CSc2nnc(CNC(=O)CC(C)(C)C)n2-c2ccc([N+](=O)[O-])cc2)c1. The molecule has 3 rings (SSSR count). The highest BCUT2D eigenvalue weighted by molar-refractivity contribution is 7.98. The lowest BCUT2D eigenvalue weighted by Gasteiger charge is -2.17. The van der Waals surface area contributed by atoms with Gasteiger partial charge in [0, 0.05) is 30.0 Å². The molecule has 1 heterocycles. The number of amides is 1. The van der Waals surface area contributed by atoms with E-state index in [9.17, 15) is 14.9 Å². The Hall–Kier alpha value is -3.40. The number of nitrogens with zero attached hydrogens (tertiary/aromatic N) is 4. The highest BCUT2D eigenvalue weighted by Gasteiger charge is 2.19. The summed E-state index contributed by atoms with van der Waals surface area (Å²) in [5.74, 6) is 1.86. The number of hydrogen-bond acceptors (Lipinski definition) is 7. The highest BCUT2D eigenvalue weighted by atomic mass is 32.2. The number of nitro benzene ring substituents is 1. The van der Waals surface area contributed by atoms with Gasteiger partial charge in [0.1, 0.15) is 5.75 Å². The van der Waals surface area contributed by atoms with Crippen molar-refractivity contribution in [3.63, 3.8) is 0 Å². The fourth-order valence-corrected chi connectivity index (χ4v) is 4.04. The first-order valence-electron chi connectivity index (χ1n) is 10.4. The number of methoxy groups -OCH3 is 1. The average molecular weight is 470 g/mol. The molecule has 0 aliphatic carbocycles. The number of carbonyl (C=O) groups excluding carboxylic acids is 1. The van der Waals surface area contributed by atoms with Crippen molar-refractivity contribution in [3.05, 3.63) is 70.0 Å². The van der Waals surface area contributed by atoms with Crippen LogP contribution in [-0.2, 0) is 17.1 Å². The summed E-state index contributed by atoms with van der Waals surface area (Å²) in [6.07, 6.45) is 0.385. The minimum Gasteiger partial charge on any atom is -0.497 e. The molecule has 1 amide bonds. The van der Waals surface area contributed by atoms with Crippen molar-refractivity contribution in [2.75, 3.05) is 7.11 Å². The van der Waals surface area contributed by atoms with Gasteiger partial charge in [0.05, 0.1) is 18.6 Å². The molecule has 1 aromatic heterocycles. The van der Waals surface area contributed by atoms with E-state index in [0.29, 0.717) is 28.8 Å². The van der Waals surface area contributed by atoms with Crippen LogP contribution in [0.15, 0.2) is 53.7 Å². The third-order valence-corrected chi connectivity index (χ3v) is 5.66. The van der Waals surface area contributed by atoms with E-state index in [1.54, 1.807) is 19.2 Å². The number of aromatic nitrogens is 3. The van der Waals surface area contributed by atoms with Crippen LogP contribution in [-0.4, -0.2) is 32.7 Å². The van der Waals surface area contributed by atoms with Crippen molar-refractivity contribution in [2.45, 2.75) is 44.6 Å². The zero-order valence-electron chi connectivity index (χ0n) is 19.1. The van der Waals surface area contributed by atoms with Crippen molar-refractivity contribution in [1.82, 2.24) is 20.1 Å². The minimum atomic E-state index is -0.442. The molecule has 0 saturated heterocycles. The second-order valence-corrected chi connectivity index (χ2v) is 9.60. The van der Waals surface area contributed by atoms with Gasteiger partial charge in [-0.15, -0.1) is 10.2 Å². The number of benzene rings is 2. The zero-order chi connectivity index (χ0) is 24.0. The standard InChI is InChI=1S/C23H27N5O4S/c1-23(2,3)13-21(29)24-14-20-25-26-22(33-15-16-6-5-7-19(12-16)32-4)27(20)17-8-10-18(11-9-17)28(30)31/h5-12H,13-15H2,1-4H3,(H,24,29). The third kappa shape index (κ3) is 6.79. The van der Waals surface area contributed by atoms with Crippen molar-refractivity contribution >= 4 is 23.4 Å². The predicted molar refractivity (Wildman–Crippen MR) is 126 cm³/mol. The molecule has 2 aromatic carbocycles. The smallest absolute Gasteiger partial charge is 0.269 e. The number of rotatable bonds is 9. The largest absolute Gasteiger partial charge is 0.497 e. The van der Waals surface area contributed by atoms with E-state index in [2.05, 4.69) is 15.5 Å². The summed E-state index contributed by atoms with van der Waals surface area (Å²) in [5, 5.41) is 23.2. The Morgan fingerprint density at radius 1 is 1.18 bits per heavy atom. The van der Waals surface area contributed by atoms with Gasteiger partial charge in [-0.1, -0.05) is 44.7 Å². The van der Waals surface area contributed by atoms with Gasteiger partial charge in [-0.25, -0.2) is 0 Å². The normalized spacial score (nSPS) is 11.3. The Kier molecular flexibility index (Phi) is 7.70. The summed E-state index contributed by atoms with van der Waals surface area (Å²) in [5.41, 5.74) is 1.60. The summed E-state index contributed by atoms with van der Waals surface area (Å²) in [6, 6.07) is 13.9. The van der Waals surface area contributed by atoms with Gasteiger partial charge in [0.15, 0.2) is 11.0 Å². The highest BCUT2D eigenvalue weighted by Crippen LogP contribution is 2.27. The molecule has 0 aliphatic rings. The number of carbonyl (C=O) groups is 1. The molecule has 33 heavy (non-hydrogen) atoms. The van der Waals surface area contributed by atoms with Gasteiger partial charge in [0.2, 0.25) is 5.91 Å². The van der Waals surface area contributed by atoms with E-state index in [1.807, 2.05) is 49.6 Å². The molecule has 10 heteroatoms. The van der Waals surface area contributed by atoms with Crippen molar-refractivity contribution in [1.29, 1.82) is 0 Å². The Bertz CT molecular complexity index is 1120. The van der Waals surface area contributed by atoms with Crippen LogP contribution in [0.5, 0.6) is 5.75 Å². The number of ether oxygens (including phenoxy) is 1. The van der Waals surface area contributed by atoms with Crippen LogP contribution in [0.1, 0.15) is 38.6 Å². The molecule has 9 nitrogen and oxygen atoms in total. The monoisotopic (exact) mass is 469 g/mol. The molecule has 0 unspecified atom stereocenters. The summed E-state index contributed by atoms with van der Waals surface area (Å²) in [6.45, 7) is 6.19. The van der Waals surface area contributed by atoms with Gasteiger partial charge < -0.3 is 10.1 Å². The molecule has 0 fully saturated rings. The molecule has 3 aromatic rings. The molecular weight excluding hydrogens is 442 g/mol. The summed E-state index contributed by atoms with van der Waals surface area (Å²) >= 11 is 1.48. The second kappa shape index (κ2) is 10.5. The maximum Gasteiger partial charge on any atom is 0.269 e. The van der Waals surface area contributed by atoms with Crippen LogP contribution in [0.25, 0.3) is 5.69 Å². The predicted octanol–water partition coefficient (Wildman–Crippen LogP) is 4.53. The maximum absolute atomic E-state index is 12.3. The Morgan fingerprint density at radius 2 is 1.91 bits per heavy atom. The van der Waals surface area contributed by atoms with Crippen LogP contribution >= 0.6 is 11.8 Å². The molecule has 0 bridgehead atoms. The molecule has 1 N–H and O–H groups in total. The Labute approximate surface area is 196 Å². The zero-order valence-corrected chi connectivity index (χ0v) is 19.9. The third-order valence-electron chi connectivity index (χ3n) is 4.66. The van der Waals surface area contributed by atoms with Gasteiger partial charge in [-0.3, -0.25) is 19.5 Å². The van der Waals surface area contributed by atoms with Gasteiger partial charge in [-0.05, 0) is 35.2 Å². The minimum absolute atomic E-state index is 0.00237. The average Bonchev–Trinajstić information content (AvgIpc) is 3.18. The molecule has 0 aliphatic heterocycles. The first-order chi connectivity index (χ1) is 15.7. The fourth-order valence-electron chi connectivity index (χ4n) is 3.12. The quantitative estimate of drug-likeness (QED) is 0.278.